The molecule has 1 atom stereocenters. The van der Waals surface area contributed by atoms with Gasteiger partial charge in [-0.25, -0.2) is 0 Å². The van der Waals surface area contributed by atoms with Gasteiger partial charge in [0.15, 0.2) is 0 Å². The molecule has 0 aromatic heterocycles. The molecular formula is C22H23Zr. The molecule has 0 saturated carbocycles. The van der Waals surface area contributed by atoms with Crippen LogP contribution in [0.5, 0.6) is 0 Å². The van der Waals surface area contributed by atoms with Crippen LogP contribution in [0.2, 0.25) is 0 Å². The average Bonchev–Trinajstić information content (AvgIpc) is 3.12. The fourth-order valence-electron chi connectivity index (χ4n) is 3.86. The molecule has 23 heavy (non-hydrogen) atoms. The summed E-state index contributed by atoms with van der Waals surface area (Å²) in [7, 11) is 0. The molecular weight excluding hydrogens is 355 g/mol. The normalized spacial score (nSPS) is 17.7. The maximum atomic E-state index is 2.36. The second kappa shape index (κ2) is 6.36. The van der Waals surface area contributed by atoms with Crippen LogP contribution in [-0.4, -0.2) is 0 Å². The first-order valence-electron chi connectivity index (χ1n) is 8.01. The van der Waals surface area contributed by atoms with E-state index < -0.39 is 0 Å². The molecule has 0 fully saturated rings. The van der Waals surface area contributed by atoms with Gasteiger partial charge < -0.3 is 0 Å². The molecule has 2 aromatic carbocycles. The molecule has 0 radical (unpaired) electrons. The number of hydrogen-bond donors (Lipinski definition) is 0. The first-order valence-corrected chi connectivity index (χ1v) is 9.24. The molecule has 1 heteroatoms. The van der Waals surface area contributed by atoms with Crippen molar-refractivity contribution in [3.8, 4) is 11.1 Å². The summed E-state index contributed by atoms with van der Waals surface area (Å²) in [5.41, 5.74) is 9.06. The van der Waals surface area contributed by atoms with Gasteiger partial charge in [-0.3, -0.25) is 0 Å². The quantitative estimate of drug-likeness (QED) is 0.636. The maximum absolute atomic E-state index is 2.36. The zero-order chi connectivity index (χ0) is 15.3. The average molecular weight is 379 g/mol. The Morgan fingerprint density at radius 2 is 1.83 bits per heavy atom. The molecule has 0 nitrogen and oxygen atoms in total. The van der Waals surface area contributed by atoms with Gasteiger partial charge in [0.25, 0.3) is 0 Å². The Bertz CT molecular complexity index is 809. The van der Waals surface area contributed by atoms with Crippen LogP contribution >= 0.6 is 0 Å². The van der Waals surface area contributed by atoms with Gasteiger partial charge in [0.1, 0.15) is 0 Å². The summed E-state index contributed by atoms with van der Waals surface area (Å²) in [6.07, 6.45) is 7.92. The Kier molecular flexibility index (Phi) is 4.61. The van der Waals surface area contributed by atoms with Crippen LogP contribution < -0.4 is 3.27 Å². The van der Waals surface area contributed by atoms with Crippen LogP contribution in [0.25, 0.3) is 11.1 Å². The molecule has 0 bridgehead atoms. The van der Waals surface area contributed by atoms with Gasteiger partial charge in [-0.2, -0.15) is 0 Å². The molecule has 0 N–H and O–H groups in total. The fourth-order valence-corrected chi connectivity index (χ4v) is 5.46. The van der Waals surface area contributed by atoms with E-state index in [0.29, 0.717) is 11.8 Å². The summed E-state index contributed by atoms with van der Waals surface area (Å²) in [4.78, 5) is 0. The Morgan fingerprint density at radius 1 is 1.04 bits per heavy atom. The van der Waals surface area contributed by atoms with Gasteiger partial charge in [-0.15, -0.1) is 0 Å². The van der Waals surface area contributed by atoms with Crippen LogP contribution in [0, 0.1) is 0 Å². The standard InChI is InChI=1S/C21H19.CH4.Zr/c1-14(2)16-11-12-18-17-9-5-6-10-19(17)21(20(18)13-16)15-7-3-4-8-15;;/h3-7,9-12,14,21H,8H2,1-2H3;1H4;. The van der Waals surface area contributed by atoms with Crippen LogP contribution in [0.4, 0.5) is 0 Å². The van der Waals surface area contributed by atoms with Crippen LogP contribution in [-0.2, 0) is 24.7 Å². The zero-order valence-electron chi connectivity index (χ0n) is 13.1. The molecule has 4 rings (SSSR count). The molecule has 2 aliphatic carbocycles. The predicted octanol–water partition coefficient (Wildman–Crippen LogP) is 5.62. The zero-order valence-corrected chi connectivity index (χ0v) is 15.5. The molecule has 0 aliphatic heterocycles. The van der Waals surface area contributed by atoms with E-state index >= 15 is 0 Å². The van der Waals surface area contributed by atoms with E-state index in [0.717, 1.165) is 6.42 Å². The van der Waals surface area contributed by atoms with Crippen molar-refractivity contribution in [1.29, 1.82) is 0 Å². The SMILES string of the molecule is C.CC(C)c1ccc2c([c]1[Zr])C(C1=CC=CC1)c1ccccc1-2. The van der Waals surface area contributed by atoms with E-state index in [1.54, 1.807) is 14.4 Å². The van der Waals surface area contributed by atoms with Crippen molar-refractivity contribution in [2.24, 2.45) is 0 Å². The first kappa shape index (κ1) is 16.7. The van der Waals surface area contributed by atoms with Gasteiger partial charge in [0.05, 0.1) is 0 Å². The molecule has 2 aromatic rings. The summed E-state index contributed by atoms with van der Waals surface area (Å²) in [6.45, 7) is 4.62. The molecule has 0 saturated heterocycles. The van der Waals surface area contributed by atoms with Crippen molar-refractivity contribution in [2.45, 2.75) is 39.5 Å². The fraction of sp³-hybridized carbons (Fsp3) is 0.273. The first-order chi connectivity index (χ1) is 10.7. The van der Waals surface area contributed by atoms with E-state index in [1.807, 2.05) is 0 Å². The third-order valence-corrected chi connectivity index (χ3v) is 6.29. The Balaban J connectivity index is 0.00000156. The summed E-state index contributed by atoms with van der Waals surface area (Å²) >= 11 is 1.54. The molecule has 0 amide bonds. The van der Waals surface area contributed by atoms with E-state index in [2.05, 4.69) is 68.5 Å². The Morgan fingerprint density at radius 3 is 2.52 bits per heavy atom. The minimum absolute atomic E-state index is 0. The summed E-state index contributed by atoms with van der Waals surface area (Å²) < 4.78 is 1.58. The van der Waals surface area contributed by atoms with Crippen molar-refractivity contribution in [3.63, 3.8) is 0 Å². The van der Waals surface area contributed by atoms with Crippen molar-refractivity contribution in [3.05, 3.63) is 76.9 Å². The van der Waals surface area contributed by atoms with E-state index in [1.165, 1.54) is 47.0 Å². The number of hydrogen-bond acceptors (Lipinski definition) is 0. The predicted molar refractivity (Wildman–Crippen MR) is 96.0 cm³/mol. The monoisotopic (exact) mass is 377 g/mol. The summed E-state index contributed by atoms with van der Waals surface area (Å²) in [5, 5.41) is 0. The third kappa shape index (κ3) is 2.54. The summed E-state index contributed by atoms with van der Waals surface area (Å²) in [6, 6.07) is 13.7. The molecule has 0 heterocycles. The van der Waals surface area contributed by atoms with Crippen molar-refractivity contribution in [1.82, 2.24) is 0 Å². The number of allylic oxidation sites excluding steroid dienone is 4. The number of benzene rings is 2. The van der Waals surface area contributed by atoms with Crippen molar-refractivity contribution in [2.75, 3.05) is 0 Å². The van der Waals surface area contributed by atoms with E-state index in [4.69, 9.17) is 0 Å². The van der Waals surface area contributed by atoms with Gasteiger partial charge in [-0.05, 0) is 0 Å². The van der Waals surface area contributed by atoms with E-state index in [-0.39, 0.29) is 7.43 Å². The van der Waals surface area contributed by atoms with Gasteiger partial charge in [0, 0.05) is 0 Å². The van der Waals surface area contributed by atoms with Crippen molar-refractivity contribution >= 4 is 3.27 Å². The molecule has 0 spiro atoms. The molecule has 2 aliphatic rings. The van der Waals surface area contributed by atoms with Gasteiger partial charge in [0.2, 0.25) is 0 Å². The minimum atomic E-state index is 0. The van der Waals surface area contributed by atoms with E-state index in [9.17, 15) is 0 Å². The van der Waals surface area contributed by atoms with Crippen LogP contribution in [0.15, 0.2) is 60.2 Å². The Hall–Kier alpha value is -1.20. The van der Waals surface area contributed by atoms with Gasteiger partial charge in [-0.1, -0.05) is 7.43 Å². The number of fused-ring (bicyclic) bond motifs is 3. The van der Waals surface area contributed by atoms with Crippen LogP contribution in [0.1, 0.15) is 56.2 Å². The summed E-state index contributed by atoms with van der Waals surface area (Å²) in [5.74, 6) is 1.06. The van der Waals surface area contributed by atoms with Gasteiger partial charge >= 0.3 is 148 Å². The second-order valence-corrected chi connectivity index (χ2v) is 7.77. The topological polar surface area (TPSA) is 0 Å². The molecule has 1 unspecified atom stereocenters. The second-order valence-electron chi connectivity index (χ2n) is 6.54. The number of rotatable bonds is 2. The third-order valence-electron chi connectivity index (χ3n) is 4.92. The van der Waals surface area contributed by atoms with Crippen LogP contribution in [0.3, 0.4) is 0 Å². The Labute approximate surface area is 155 Å². The molecule has 115 valence electrons. The van der Waals surface area contributed by atoms with Crippen molar-refractivity contribution < 1.29 is 24.7 Å².